The number of hydrogen-bond acceptors (Lipinski definition) is 2. The minimum atomic E-state index is -0.174. The number of ether oxygens (including phenoxy) is 1. The molecule has 0 aromatic rings. The molecule has 0 fully saturated rings. The van der Waals surface area contributed by atoms with Crippen molar-refractivity contribution in [3.8, 4) is 0 Å². The maximum absolute atomic E-state index is 9.06. The van der Waals surface area contributed by atoms with E-state index in [0.717, 1.165) is 19.4 Å². The second-order valence-corrected chi connectivity index (χ2v) is 3.73. The Labute approximate surface area is 81.6 Å². The van der Waals surface area contributed by atoms with E-state index in [2.05, 4.69) is 13.5 Å². The largest absolute Gasteiger partial charge is 0.395 e. The molecular formula is C11H22O2. The summed E-state index contributed by atoms with van der Waals surface area (Å²) in [6.07, 6.45) is 4.93. The summed E-state index contributed by atoms with van der Waals surface area (Å²) in [5.41, 5.74) is -0.174. The molecule has 0 aliphatic heterocycles. The highest BCUT2D eigenvalue weighted by Crippen LogP contribution is 2.21. The molecule has 13 heavy (non-hydrogen) atoms. The summed E-state index contributed by atoms with van der Waals surface area (Å²) >= 11 is 0. The van der Waals surface area contributed by atoms with E-state index in [1.165, 1.54) is 6.42 Å². The summed E-state index contributed by atoms with van der Waals surface area (Å²) in [5, 5.41) is 9.06. The van der Waals surface area contributed by atoms with Crippen molar-refractivity contribution in [2.24, 2.45) is 5.41 Å². The van der Waals surface area contributed by atoms with Gasteiger partial charge in [-0.1, -0.05) is 26.3 Å². The van der Waals surface area contributed by atoms with Crippen LogP contribution < -0.4 is 0 Å². The zero-order chi connectivity index (χ0) is 10.2. The molecule has 2 heteroatoms. The van der Waals surface area contributed by atoms with Crippen LogP contribution in [-0.4, -0.2) is 24.9 Å². The molecule has 1 unspecified atom stereocenters. The molecule has 0 radical (unpaired) electrons. The van der Waals surface area contributed by atoms with Gasteiger partial charge in [-0.05, 0) is 12.8 Å². The SMILES string of the molecule is C=CC(C)(CO)CCOCCCC. The van der Waals surface area contributed by atoms with E-state index in [1.807, 2.05) is 6.92 Å². The third kappa shape index (κ3) is 5.83. The van der Waals surface area contributed by atoms with Gasteiger partial charge in [-0.3, -0.25) is 0 Å². The lowest BCUT2D eigenvalue weighted by atomic mass is 9.88. The highest BCUT2D eigenvalue weighted by atomic mass is 16.5. The average molecular weight is 186 g/mol. The lowest BCUT2D eigenvalue weighted by Gasteiger charge is -2.22. The Morgan fingerprint density at radius 2 is 2.15 bits per heavy atom. The maximum Gasteiger partial charge on any atom is 0.0520 e. The van der Waals surface area contributed by atoms with Crippen molar-refractivity contribution >= 4 is 0 Å². The molecule has 78 valence electrons. The van der Waals surface area contributed by atoms with E-state index in [1.54, 1.807) is 6.08 Å². The number of aliphatic hydroxyl groups excluding tert-OH is 1. The summed E-state index contributed by atoms with van der Waals surface area (Å²) in [6.45, 7) is 9.52. The summed E-state index contributed by atoms with van der Waals surface area (Å²) in [6, 6.07) is 0. The number of unbranched alkanes of at least 4 members (excludes halogenated alkanes) is 1. The Morgan fingerprint density at radius 1 is 1.46 bits per heavy atom. The van der Waals surface area contributed by atoms with Crippen LogP contribution >= 0.6 is 0 Å². The van der Waals surface area contributed by atoms with Gasteiger partial charge < -0.3 is 9.84 Å². The molecule has 0 rings (SSSR count). The van der Waals surface area contributed by atoms with Crippen molar-refractivity contribution in [2.45, 2.75) is 33.1 Å². The first-order chi connectivity index (χ1) is 6.18. The van der Waals surface area contributed by atoms with Crippen molar-refractivity contribution in [1.29, 1.82) is 0 Å². The van der Waals surface area contributed by atoms with Gasteiger partial charge in [0.25, 0.3) is 0 Å². The Kier molecular flexibility index (Phi) is 6.92. The Balaban J connectivity index is 3.44. The van der Waals surface area contributed by atoms with Gasteiger partial charge in [0.05, 0.1) is 6.61 Å². The molecular weight excluding hydrogens is 164 g/mol. The van der Waals surface area contributed by atoms with Crippen LogP contribution in [0.5, 0.6) is 0 Å². The van der Waals surface area contributed by atoms with Gasteiger partial charge in [0.1, 0.15) is 0 Å². The van der Waals surface area contributed by atoms with Crippen molar-refractivity contribution in [3.63, 3.8) is 0 Å². The molecule has 2 nitrogen and oxygen atoms in total. The second kappa shape index (κ2) is 7.10. The van der Waals surface area contributed by atoms with Crippen LogP contribution in [-0.2, 0) is 4.74 Å². The molecule has 0 saturated carbocycles. The lowest BCUT2D eigenvalue weighted by molar-refractivity contribution is 0.0866. The quantitative estimate of drug-likeness (QED) is 0.466. The van der Waals surface area contributed by atoms with Gasteiger partial charge in [-0.25, -0.2) is 0 Å². The van der Waals surface area contributed by atoms with Gasteiger partial charge in [-0.15, -0.1) is 6.58 Å². The van der Waals surface area contributed by atoms with Crippen molar-refractivity contribution < 1.29 is 9.84 Å². The highest BCUT2D eigenvalue weighted by molar-refractivity contribution is 4.90. The molecule has 0 heterocycles. The summed E-state index contributed by atoms with van der Waals surface area (Å²) in [7, 11) is 0. The number of hydrogen-bond donors (Lipinski definition) is 1. The summed E-state index contributed by atoms with van der Waals surface area (Å²) in [5.74, 6) is 0. The van der Waals surface area contributed by atoms with Crippen LogP contribution in [0.25, 0.3) is 0 Å². The van der Waals surface area contributed by atoms with Crippen LogP contribution in [0.2, 0.25) is 0 Å². The van der Waals surface area contributed by atoms with Gasteiger partial charge >= 0.3 is 0 Å². The van der Waals surface area contributed by atoms with Crippen LogP contribution in [0.4, 0.5) is 0 Å². The molecule has 0 aliphatic rings. The molecule has 0 aromatic carbocycles. The highest BCUT2D eigenvalue weighted by Gasteiger charge is 2.18. The van der Waals surface area contributed by atoms with Crippen molar-refractivity contribution in [3.05, 3.63) is 12.7 Å². The Hall–Kier alpha value is -0.340. The van der Waals surface area contributed by atoms with Crippen LogP contribution in [0.1, 0.15) is 33.1 Å². The molecule has 0 bridgehead atoms. The molecule has 0 aromatic heterocycles. The zero-order valence-electron chi connectivity index (χ0n) is 8.88. The second-order valence-electron chi connectivity index (χ2n) is 3.73. The van der Waals surface area contributed by atoms with Crippen LogP contribution in [0, 0.1) is 5.41 Å². The maximum atomic E-state index is 9.06. The fourth-order valence-electron chi connectivity index (χ4n) is 0.899. The molecule has 0 aliphatic carbocycles. The predicted octanol–water partition coefficient (Wildman–Crippen LogP) is 2.38. The summed E-state index contributed by atoms with van der Waals surface area (Å²) in [4.78, 5) is 0. The molecule has 0 spiro atoms. The third-order valence-corrected chi connectivity index (χ3v) is 2.31. The Morgan fingerprint density at radius 3 is 2.62 bits per heavy atom. The average Bonchev–Trinajstić information content (AvgIpc) is 2.17. The molecule has 0 saturated heterocycles. The third-order valence-electron chi connectivity index (χ3n) is 2.31. The topological polar surface area (TPSA) is 29.5 Å². The van der Waals surface area contributed by atoms with E-state index in [9.17, 15) is 0 Å². The minimum absolute atomic E-state index is 0.146. The van der Waals surface area contributed by atoms with Crippen LogP contribution in [0.15, 0.2) is 12.7 Å². The molecule has 1 N–H and O–H groups in total. The van der Waals surface area contributed by atoms with E-state index in [4.69, 9.17) is 9.84 Å². The van der Waals surface area contributed by atoms with Crippen molar-refractivity contribution in [2.75, 3.05) is 19.8 Å². The monoisotopic (exact) mass is 186 g/mol. The van der Waals surface area contributed by atoms with E-state index >= 15 is 0 Å². The number of aliphatic hydroxyl groups is 1. The normalized spacial score (nSPS) is 15.3. The fourth-order valence-corrected chi connectivity index (χ4v) is 0.899. The predicted molar refractivity (Wildman–Crippen MR) is 55.7 cm³/mol. The smallest absolute Gasteiger partial charge is 0.0520 e. The fraction of sp³-hybridized carbons (Fsp3) is 0.818. The molecule has 0 amide bonds. The van der Waals surface area contributed by atoms with E-state index in [-0.39, 0.29) is 12.0 Å². The Bertz CT molecular complexity index is 134. The summed E-state index contributed by atoms with van der Waals surface area (Å²) < 4.78 is 5.41. The van der Waals surface area contributed by atoms with E-state index in [0.29, 0.717) is 6.61 Å². The standard InChI is InChI=1S/C11H22O2/c1-4-6-8-13-9-7-11(3,5-2)10-12/h5,12H,2,4,6-10H2,1,3H3. The first-order valence-corrected chi connectivity index (χ1v) is 5.00. The van der Waals surface area contributed by atoms with Crippen molar-refractivity contribution in [1.82, 2.24) is 0 Å². The lowest BCUT2D eigenvalue weighted by Crippen LogP contribution is -2.20. The van der Waals surface area contributed by atoms with E-state index < -0.39 is 0 Å². The van der Waals surface area contributed by atoms with Gasteiger partial charge in [0.2, 0.25) is 0 Å². The first-order valence-electron chi connectivity index (χ1n) is 5.00. The van der Waals surface area contributed by atoms with Gasteiger partial charge in [-0.2, -0.15) is 0 Å². The first kappa shape index (κ1) is 12.7. The molecule has 1 atom stereocenters. The minimum Gasteiger partial charge on any atom is -0.395 e. The van der Waals surface area contributed by atoms with Gasteiger partial charge in [0.15, 0.2) is 0 Å². The zero-order valence-corrected chi connectivity index (χ0v) is 8.88. The number of rotatable bonds is 8. The van der Waals surface area contributed by atoms with Crippen LogP contribution in [0.3, 0.4) is 0 Å². The van der Waals surface area contributed by atoms with Gasteiger partial charge in [0, 0.05) is 18.6 Å².